The number of anilines is 1. The van der Waals surface area contributed by atoms with E-state index in [9.17, 15) is 18.8 Å². The third-order valence-electron chi connectivity index (χ3n) is 5.83. The van der Waals surface area contributed by atoms with Crippen molar-refractivity contribution in [2.45, 2.75) is 72.3 Å². The molecule has 1 saturated carbocycles. The number of aromatic nitrogens is 1. The average molecular weight is 462 g/mol. The first-order valence-corrected chi connectivity index (χ1v) is 12.0. The van der Waals surface area contributed by atoms with E-state index in [4.69, 9.17) is 5.11 Å². The Morgan fingerprint density at radius 3 is 2.45 bits per heavy atom. The van der Waals surface area contributed by atoms with Gasteiger partial charge in [-0.3, -0.25) is 14.4 Å². The van der Waals surface area contributed by atoms with Gasteiger partial charge in [0, 0.05) is 37.1 Å². The van der Waals surface area contributed by atoms with Crippen molar-refractivity contribution in [3.05, 3.63) is 39.9 Å². The maximum Gasteiger partial charge on any atom is 0.303 e. The van der Waals surface area contributed by atoms with Gasteiger partial charge in [0.1, 0.15) is 11.4 Å². The molecule has 3 N–H and O–H groups in total. The summed E-state index contributed by atoms with van der Waals surface area (Å²) in [5, 5.41) is 14.6. The Bertz CT molecular complexity index is 1030. The number of carboxylic acids is 1. The van der Waals surface area contributed by atoms with Gasteiger partial charge in [-0.15, -0.1) is 0 Å². The highest BCUT2D eigenvalue weighted by molar-refractivity contribution is 5.97. The summed E-state index contributed by atoms with van der Waals surface area (Å²) in [7, 11) is 0. The van der Waals surface area contributed by atoms with Gasteiger partial charge >= 0.3 is 5.97 Å². The number of hydrogen-bond acceptors (Lipinski definition) is 4. The van der Waals surface area contributed by atoms with E-state index >= 15 is 0 Å². The zero-order valence-electron chi connectivity index (χ0n) is 20.0. The molecule has 2 aromatic rings. The third-order valence-corrected chi connectivity index (χ3v) is 5.83. The lowest BCUT2D eigenvalue weighted by molar-refractivity contribution is -0.137. The van der Waals surface area contributed by atoms with E-state index in [1.54, 1.807) is 12.3 Å². The van der Waals surface area contributed by atoms with E-state index in [2.05, 4.69) is 10.6 Å². The largest absolute Gasteiger partial charge is 0.481 e. The summed E-state index contributed by atoms with van der Waals surface area (Å²) in [6.45, 7) is 8.90. The minimum Gasteiger partial charge on any atom is -0.481 e. The van der Waals surface area contributed by atoms with E-state index in [0.717, 1.165) is 25.7 Å². The van der Waals surface area contributed by atoms with Crippen molar-refractivity contribution >= 4 is 28.5 Å². The molecule has 7 nitrogen and oxygen atoms in total. The van der Waals surface area contributed by atoms with Crippen molar-refractivity contribution in [3.63, 3.8) is 0 Å². The molecular formula is C25H36FN3O4. The van der Waals surface area contributed by atoms with E-state index in [-0.39, 0.29) is 36.4 Å². The number of carbonyl (C=O) groups excluding carboxylic acids is 1. The molecule has 1 aliphatic carbocycles. The fourth-order valence-corrected chi connectivity index (χ4v) is 3.76. The highest BCUT2D eigenvalue weighted by Crippen LogP contribution is 2.31. The van der Waals surface area contributed by atoms with Crippen LogP contribution >= 0.6 is 0 Å². The standard InChI is InChI=1S/C23H30FN3O4.C2H6/c1-3-15(4-2)27-13-17(23(31)25-9-5-6-21(28)29)22(30)16-10-18(24)19(11-20(16)27)26-12-14-7-8-14;1-2/h10-11,13-15,26H,3-9,12H2,1-2H3,(H,25,31)(H,28,29);1-2H3. The first kappa shape index (κ1) is 26.4. The molecule has 0 unspecified atom stereocenters. The van der Waals surface area contributed by atoms with Gasteiger partial charge in [-0.1, -0.05) is 27.7 Å². The highest BCUT2D eigenvalue weighted by Gasteiger charge is 2.23. The number of rotatable bonds is 11. The average Bonchev–Trinajstić information content (AvgIpc) is 3.63. The summed E-state index contributed by atoms with van der Waals surface area (Å²) in [6.07, 6.45) is 5.61. The predicted octanol–water partition coefficient (Wildman–Crippen LogP) is 4.94. The smallest absolute Gasteiger partial charge is 0.303 e. The Morgan fingerprint density at radius 1 is 1.21 bits per heavy atom. The molecule has 1 amide bonds. The monoisotopic (exact) mass is 461 g/mol. The minimum absolute atomic E-state index is 0.0448. The van der Waals surface area contributed by atoms with Crippen LogP contribution in [0.2, 0.25) is 0 Å². The lowest BCUT2D eigenvalue weighted by Crippen LogP contribution is -2.31. The Kier molecular flexibility index (Phi) is 9.88. The molecule has 0 atom stereocenters. The zero-order chi connectivity index (χ0) is 24.5. The molecular weight excluding hydrogens is 425 g/mol. The van der Waals surface area contributed by atoms with E-state index in [1.165, 1.54) is 6.07 Å². The second kappa shape index (κ2) is 12.4. The van der Waals surface area contributed by atoms with Gasteiger partial charge in [0.2, 0.25) is 5.43 Å². The molecule has 8 heteroatoms. The normalized spacial score (nSPS) is 12.9. The van der Waals surface area contributed by atoms with Crippen molar-refractivity contribution in [3.8, 4) is 0 Å². The summed E-state index contributed by atoms with van der Waals surface area (Å²) in [6, 6.07) is 2.93. The third kappa shape index (κ3) is 6.79. The fraction of sp³-hybridized carbons (Fsp3) is 0.560. The van der Waals surface area contributed by atoms with Crippen molar-refractivity contribution in [1.82, 2.24) is 9.88 Å². The number of halogens is 1. The summed E-state index contributed by atoms with van der Waals surface area (Å²) in [5.74, 6) is -1.46. The van der Waals surface area contributed by atoms with Crippen LogP contribution in [0.3, 0.4) is 0 Å². The maximum atomic E-state index is 14.8. The van der Waals surface area contributed by atoms with Crippen molar-refractivity contribution < 1.29 is 19.1 Å². The Balaban J connectivity index is 0.00000187. The molecule has 0 saturated heterocycles. The first-order chi connectivity index (χ1) is 15.8. The number of carbonyl (C=O) groups is 2. The summed E-state index contributed by atoms with van der Waals surface area (Å²) < 4.78 is 16.7. The van der Waals surface area contributed by atoms with Crippen LogP contribution in [-0.4, -0.2) is 34.6 Å². The number of carboxylic acid groups (broad SMARTS) is 1. The Labute approximate surface area is 194 Å². The summed E-state index contributed by atoms with van der Waals surface area (Å²) >= 11 is 0. The van der Waals surface area contributed by atoms with Crippen LogP contribution in [0.25, 0.3) is 10.9 Å². The number of nitrogens with one attached hydrogen (secondary N) is 2. The zero-order valence-corrected chi connectivity index (χ0v) is 20.0. The molecule has 3 rings (SSSR count). The first-order valence-electron chi connectivity index (χ1n) is 12.0. The van der Waals surface area contributed by atoms with Crippen LogP contribution in [0.15, 0.2) is 23.1 Å². The van der Waals surface area contributed by atoms with Crippen LogP contribution in [0.4, 0.5) is 10.1 Å². The Hall–Kier alpha value is -2.90. The number of benzene rings is 1. The molecule has 1 aromatic heterocycles. The number of fused-ring (bicyclic) bond motifs is 1. The lowest BCUT2D eigenvalue weighted by Gasteiger charge is -2.22. The van der Waals surface area contributed by atoms with Crippen LogP contribution in [0, 0.1) is 11.7 Å². The van der Waals surface area contributed by atoms with Gasteiger partial charge in [0.15, 0.2) is 0 Å². The molecule has 1 aliphatic rings. The quantitative estimate of drug-likeness (QED) is 0.411. The highest BCUT2D eigenvalue weighted by atomic mass is 19.1. The second-order valence-electron chi connectivity index (χ2n) is 8.18. The van der Waals surface area contributed by atoms with Gasteiger partial charge in [-0.05, 0) is 50.2 Å². The van der Waals surface area contributed by atoms with Crippen molar-refractivity contribution in [2.24, 2.45) is 5.92 Å². The van der Waals surface area contributed by atoms with Crippen LogP contribution in [0.5, 0.6) is 0 Å². The molecule has 182 valence electrons. The SMILES string of the molecule is CC.CCC(CC)n1cc(C(=O)NCCCC(=O)O)c(=O)c2cc(F)c(NCC3CC3)cc21. The molecule has 1 aromatic carbocycles. The van der Waals surface area contributed by atoms with Crippen LogP contribution < -0.4 is 16.1 Å². The van der Waals surface area contributed by atoms with Crippen molar-refractivity contribution in [1.29, 1.82) is 0 Å². The predicted molar refractivity (Wildman–Crippen MR) is 130 cm³/mol. The second-order valence-corrected chi connectivity index (χ2v) is 8.18. The van der Waals surface area contributed by atoms with E-state index in [0.29, 0.717) is 23.7 Å². The number of pyridine rings is 1. The molecule has 1 heterocycles. The lowest BCUT2D eigenvalue weighted by atomic mass is 10.1. The van der Waals surface area contributed by atoms with E-state index < -0.39 is 23.1 Å². The molecule has 33 heavy (non-hydrogen) atoms. The van der Waals surface area contributed by atoms with Gasteiger partial charge in [-0.2, -0.15) is 0 Å². The van der Waals surface area contributed by atoms with Crippen LogP contribution in [0.1, 0.15) is 82.6 Å². The number of amides is 1. The minimum atomic E-state index is -0.947. The van der Waals surface area contributed by atoms with Crippen LogP contribution in [-0.2, 0) is 4.79 Å². The Morgan fingerprint density at radius 2 is 1.88 bits per heavy atom. The van der Waals surface area contributed by atoms with Gasteiger partial charge < -0.3 is 20.3 Å². The summed E-state index contributed by atoms with van der Waals surface area (Å²) in [4.78, 5) is 36.4. The fourth-order valence-electron chi connectivity index (χ4n) is 3.76. The molecule has 0 spiro atoms. The molecule has 1 fully saturated rings. The molecule has 0 bridgehead atoms. The molecule has 0 radical (unpaired) electrons. The van der Waals surface area contributed by atoms with Gasteiger partial charge in [0.05, 0.1) is 11.2 Å². The number of hydrogen-bond donors (Lipinski definition) is 3. The molecule has 0 aliphatic heterocycles. The van der Waals surface area contributed by atoms with Gasteiger partial charge in [0.25, 0.3) is 5.91 Å². The topological polar surface area (TPSA) is 100 Å². The van der Waals surface area contributed by atoms with Gasteiger partial charge in [-0.25, -0.2) is 4.39 Å². The number of nitrogens with zero attached hydrogens (tertiary/aromatic N) is 1. The summed E-state index contributed by atoms with van der Waals surface area (Å²) in [5.41, 5.74) is 0.374. The number of aliphatic carboxylic acids is 1. The van der Waals surface area contributed by atoms with E-state index in [1.807, 2.05) is 32.3 Å². The van der Waals surface area contributed by atoms with Crippen molar-refractivity contribution in [2.75, 3.05) is 18.4 Å². The maximum absolute atomic E-state index is 14.8.